The summed E-state index contributed by atoms with van der Waals surface area (Å²) in [6, 6.07) is 14.8. The summed E-state index contributed by atoms with van der Waals surface area (Å²) in [4.78, 5) is 16.4. The molecule has 0 aromatic heterocycles. The van der Waals surface area contributed by atoms with Gasteiger partial charge in [0.2, 0.25) is 5.91 Å². The minimum Gasteiger partial charge on any atom is -0.368 e. The number of anilines is 1. The van der Waals surface area contributed by atoms with Gasteiger partial charge in [0.15, 0.2) is 0 Å². The summed E-state index contributed by atoms with van der Waals surface area (Å²) in [6.45, 7) is 6.05. The topological polar surface area (TPSA) is 35.6 Å². The fraction of sp³-hybridized carbons (Fsp3) is 0.350. The fourth-order valence-corrected chi connectivity index (χ4v) is 3.00. The van der Waals surface area contributed by atoms with Gasteiger partial charge >= 0.3 is 0 Å². The second kappa shape index (κ2) is 8.12. The maximum absolute atomic E-state index is 13.0. The highest BCUT2D eigenvalue weighted by Gasteiger charge is 2.20. The Kier molecular flexibility index (Phi) is 5.66. The van der Waals surface area contributed by atoms with Crippen molar-refractivity contribution in [1.82, 2.24) is 10.2 Å². The van der Waals surface area contributed by atoms with E-state index in [0.29, 0.717) is 26.2 Å². The van der Waals surface area contributed by atoms with E-state index in [1.165, 1.54) is 23.3 Å². The zero-order valence-electron chi connectivity index (χ0n) is 14.5. The molecule has 25 heavy (non-hydrogen) atoms. The van der Waals surface area contributed by atoms with Crippen LogP contribution in [-0.2, 0) is 11.3 Å². The predicted octanol–water partition coefficient (Wildman–Crippen LogP) is 2.57. The Bertz CT molecular complexity index is 692. The maximum Gasteiger partial charge on any atom is 0.236 e. The largest absolute Gasteiger partial charge is 0.368 e. The molecule has 0 unspecified atom stereocenters. The van der Waals surface area contributed by atoms with Crippen LogP contribution in [0.15, 0.2) is 48.5 Å². The lowest BCUT2D eigenvalue weighted by Crippen LogP contribution is -2.50. The molecule has 1 heterocycles. The summed E-state index contributed by atoms with van der Waals surface area (Å²) in [6.07, 6.45) is 0. The van der Waals surface area contributed by atoms with Crippen molar-refractivity contribution >= 4 is 11.6 Å². The van der Waals surface area contributed by atoms with Gasteiger partial charge in [-0.05, 0) is 36.8 Å². The first kappa shape index (κ1) is 17.4. The molecule has 0 saturated carbocycles. The van der Waals surface area contributed by atoms with Crippen molar-refractivity contribution in [1.29, 1.82) is 0 Å². The lowest BCUT2D eigenvalue weighted by atomic mass is 10.1. The number of nitrogens with one attached hydrogen (secondary N) is 1. The van der Waals surface area contributed by atoms with E-state index in [0.717, 1.165) is 18.8 Å². The molecule has 5 heteroatoms. The zero-order valence-corrected chi connectivity index (χ0v) is 14.5. The number of amides is 1. The Morgan fingerprint density at radius 2 is 1.64 bits per heavy atom. The van der Waals surface area contributed by atoms with E-state index in [1.807, 2.05) is 4.90 Å². The third-order valence-corrected chi connectivity index (χ3v) is 4.55. The summed E-state index contributed by atoms with van der Waals surface area (Å²) in [5, 5.41) is 3.22. The van der Waals surface area contributed by atoms with Crippen molar-refractivity contribution in [2.24, 2.45) is 0 Å². The third-order valence-electron chi connectivity index (χ3n) is 4.55. The number of carbonyl (C=O) groups is 1. The van der Waals surface area contributed by atoms with E-state index >= 15 is 0 Å². The molecule has 0 radical (unpaired) electrons. The normalized spacial score (nSPS) is 14.6. The number of benzene rings is 2. The number of nitrogens with zero attached hydrogens (tertiary/aromatic N) is 2. The van der Waals surface area contributed by atoms with Crippen LogP contribution in [0.4, 0.5) is 10.1 Å². The van der Waals surface area contributed by atoms with Gasteiger partial charge in [0, 0.05) is 38.4 Å². The first-order valence-electron chi connectivity index (χ1n) is 8.66. The highest BCUT2D eigenvalue weighted by molar-refractivity contribution is 5.78. The van der Waals surface area contributed by atoms with Crippen molar-refractivity contribution in [3.8, 4) is 0 Å². The molecule has 1 aliphatic heterocycles. The Hall–Kier alpha value is -2.40. The zero-order chi connectivity index (χ0) is 17.6. The number of hydrogen-bond acceptors (Lipinski definition) is 3. The van der Waals surface area contributed by atoms with Crippen LogP contribution in [0.2, 0.25) is 0 Å². The monoisotopic (exact) mass is 341 g/mol. The van der Waals surface area contributed by atoms with Crippen molar-refractivity contribution in [3.05, 3.63) is 65.5 Å². The Balaban J connectivity index is 1.42. The maximum atomic E-state index is 13.0. The molecule has 0 atom stereocenters. The molecule has 0 aliphatic carbocycles. The van der Waals surface area contributed by atoms with Crippen LogP contribution in [0.3, 0.4) is 0 Å². The predicted molar refractivity (Wildman–Crippen MR) is 98.1 cm³/mol. The first-order valence-corrected chi connectivity index (χ1v) is 8.66. The van der Waals surface area contributed by atoms with E-state index in [1.54, 1.807) is 12.1 Å². The van der Waals surface area contributed by atoms with Gasteiger partial charge in [0.25, 0.3) is 0 Å². The molecule has 1 N–H and O–H groups in total. The highest BCUT2D eigenvalue weighted by atomic mass is 19.1. The van der Waals surface area contributed by atoms with E-state index in [2.05, 4.69) is 41.4 Å². The molecule has 2 aromatic carbocycles. The number of halogens is 1. The van der Waals surface area contributed by atoms with Gasteiger partial charge in [0.1, 0.15) is 5.82 Å². The van der Waals surface area contributed by atoms with Crippen LogP contribution in [0.1, 0.15) is 11.1 Å². The van der Waals surface area contributed by atoms with Crippen LogP contribution in [0.25, 0.3) is 0 Å². The fourth-order valence-electron chi connectivity index (χ4n) is 3.00. The number of aryl methyl sites for hydroxylation is 1. The van der Waals surface area contributed by atoms with Crippen molar-refractivity contribution in [3.63, 3.8) is 0 Å². The van der Waals surface area contributed by atoms with Crippen LogP contribution < -0.4 is 10.2 Å². The lowest BCUT2D eigenvalue weighted by molar-refractivity contribution is -0.130. The first-order chi connectivity index (χ1) is 12.1. The molecular weight excluding hydrogens is 317 g/mol. The van der Waals surface area contributed by atoms with Crippen LogP contribution in [0.5, 0.6) is 0 Å². The Morgan fingerprint density at radius 3 is 2.28 bits per heavy atom. The molecule has 0 spiro atoms. The lowest BCUT2D eigenvalue weighted by Gasteiger charge is -2.36. The standard InChI is InChI=1S/C20H24FN3O/c1-16-2-4-17(5-3-16)14-22-15-20(25)24-12-10-23(11-13-24)19-8-6-18(21)7-9-19/h2-9,22H,10-15H2,1H3. The molecular formula is C20H24FN3O. The minimum absolute atomic E-state index is 0.130. The second-order valence-electron chi connectivity index (χ2n) is 6.43. The van der Waals surface area contributed by atoms with Crippen LogP contribution in [-0.4, -0.2) is 43.5 Å². The number of piperazine rings is 1. The van der Waals surface area contributed by atoms with Gasteiger partial charge in [0.05, 0.1) is 6.54 Å². The van der Waals surface area contributed by atoms with Crippen molar-refractivity contribution in [2.45, 2.75) is 13.5 Å². The number of hydrogen-bond donors (Lipinski definition) is 1. The molecule has 1 amide bonds. The van der Waals surface area contributed by atoms with Gasteiger partial charge in [-0.25, -0.2) is 4.39 Å². The van der Waals surface area contributed by atoms with E-state index in [4.69, 9.17) is 0 Å². The van der Waals surface area contributed by atoms with Gasteiger partial charge in [-0.2, -0.15) is 0 Å². The number of carbonyl (C=O) groups excluding carboxylic acids is 1. The van der Waals surface area contributed by atoms with Gasteiger partial charge < -0.3 is 15.1 Å². The van der Waals surface area contributed by atoms with Gasteiger partial charge in [-0.15, -0.1) is 0 Å². The van der Waals surface area contributed by atoms with Gasteiger partial charge in [-0.1, -0.05) is 29.8 Å². The molecule has 0 bridgehead atoms. The van der Waals surface area contributed by atoms with E-state index in [-0.39, 0.29) is 11.7 Å². The average Bonchev–Trinajstić information content (AvgIpc) is 2.64. The molecule has 1 fully saturated rings. The van der Waals surface area contributed by atoms with E-state index in [9.17, 15) is 9.18 Å². The smallest absolute Gasteiger partial charge is 0.236 e. The molecule has 1 aliphatic rings. The average molecular weight is 341 g/mol. The van der Waals surface area contributed by atoms with Gasteiger partial charge in [-0.3, -0.25) is 4.79 Å². The Morgan fingerprint density at radius 1 is 1.00 bits per heavy atom. The molecule has 3 rings (SSSR count). The van der Waals surface area contributed by atoms with Crippen LogP contribution >= 0.6 is 0 Å². The summed E-state index contributed by atoms with van der Waals surface area (Å²) >= 11 is 0. The van der Waals surface area contributed by atoms with E-state index < -0.39 is 0 Å². The number of rotatable bonds is 5. The third kappa shape index (κ3) is 4.79. The SMILES string of the molecule is Cc1ccc(CNCC(=O)N2CCN(c3ccc(F)cc3)CC2)cc1. The van der Waals surface area contributed by atoms with Crippen molar-refractivity contribution < 1.29 is 9.18 Å². The quantitative estimate of drug-likeness (QED) is 0.908. The Labute approximate surface area is 148 Å². The second-order valence-corrected chi connectivity index (χ2v) is 6.43. The molecule has 1 saturated heterocycles. The van der Waals surface area contributed by atoms with Crippen molar-refractivity contribution in [2.75, 3.05) is 37.6 Å². The highest BCUT2D eigenvalue weighted by Crippen LogP contribution is 2.16. The summed E-state index contributed by atoms with van der Waals surface area (Å²) in [7, 11) is 0. The summed E-state index contributed by atoms with van der Waals surface area (Å²) < 4.78 is 13.0. The molecule has 132 valence electrons. The van der Waals surface area contributed by atoms with Crippen LogP contribution in [0, 0.1) is 12.7 Å². The molecule has 4 nitrogen and oxygen atoms in total. The molecule has 2 aromatic rings. The summed E-state index contributed by atoms with van der Waals surface area (Å²) in [5.74, 6) is -0.0944. The minimum atomic E-state index is -0.225. The summed E-state index contributed by atoms with van der Waals surface area (Å²) in [5.41, 5.74) is 3.42.